The smallest absolute Gasteiger partial charge is 0.182 e. The van der Waals surface area contributed by atoms with Crippen LogP contribution in [0.1, 0.15) is 19.3 Å². The third kappa shape index (κ3) is 2.48. The SMILES string of the molecule is Cl.Nc1nc(N2CCCCC2)cs1. The number of halogens is 1. The fourth-order valence-electron chi connectivity index (χ4n) is 1.55. The zero-order chi connectivity index (χ0) is 8.39. The largest absolute Gasteiger partial charge is 0.375 e. The summed E-state index contributed by atoms with van der Waals surface area (Å²) in [6.07, 6.45) is 3.94. The van der Waals surface area contributed by atoms with E-state index in [1.165, 1.54) is 30.6 Å². The minimum atomic E-state index is 0. The van der Waals surface area contributed by atoms with E-state index in [-0.39, 0.29) is 12.4 Å². The van der Waals surface area contributed by atoms with Gasteiger partial charge in [-0.1, -0.05) is 0 Å². The highest BCUT2D eigenvalue weighted by atomic mass is 35.5. The van der Waals surface area contributed by atoms with Crippen molar-refractivity contribution in [1.29, 1.82) is 0 Å². The van der Waals surface area contributed by atoms with Crippen LogP contribution in [-0.4, -0.2) is 18.1 Å². The lowest BCUT2D eigenvalue weighted by molar-refractivity contribution is 0.574. The molecule has 0 unspecified atom stereocenters. The number of nitrogen functional groups attached to an aromatic ring is 1. The predicted octanol–water partition coefficient (Wildman–Crippen LogP) is 2.14. The molecule has 2 heterocycles. The van der Waals surface area contributed by atoms with Crippen LogP contribution in [0.5, 0.6) is 0 Å². The Bertz CT molecular complexity index is 258. The van der Waals surface area contributed by atoms with Crippen LogP contribution in [0.15, 0.2) is 5.38 Å². The first-order valence-corrected chi connectivity index (χ1v) is 5.20. The van der Waals surface area contributed by atoms with Gasteiger partial charge < -0.3 is 10.6 Å². The van der Waals surface area contributed by atoms with E-state index in [2.05, 4.69) is 9.88 Å². The molecule has 2 rings (SSSR count). The molecule has 3 nitrogen and oxygen atoms in total. The maximum Gasteiger partial charge on any atom is 0.182 e. The second-order valence-corrected chi connectivity index (χ2v) is 3.98. The summed E-state index contributed by atoms with van der Waals surface area (Å²) in [6.45, 7) is 2.28. The van der Waals surface area contributed by atoms with Gasteiger partial charge in [-0.2, -0.15) is 0 Å². The monoisotopic (exact) mass is 219 g/mol. The summed E-state index contributed by atoms with van der Waals surface area (Å²) < 4.78 is 0. The molecule has 1 aromatic heterocycles. The lowest BCUT2D eigenvalue weighted by Gasteiger charge is -2.26. The van der Waals surface area contributed by atoms with Gasteiger partial charge in [0, 0.05) is 18.5 Å². The third-order valence-electron chi connectivity index (χ3n) is 2.19. The molecule has 5 heteroatoms. The molecule has 0 aromatic carbocycles. The van der Waals surface area contributed by atoms with Gasteiger partial charge in [-0.05, 0) is 19.3 Å². The van der Waals surface area contributed by atoms with Gasteiger partial charge in [0.2, 0.25) is 0 Å². The fraction of sp³-hybridized carbons (Fsp3) is 0.625. The Labute approximate surface area is 88.4 Å². The Morgan fingerprint density at radius 1 is 1.31 bits per heavy atom. The van der Waals surface area contributed by atoms with Crippen LogP contribution in [0.3, 0.4) is 0 Å². The summed E-state index contributed by atoms with van der Waals surface area (Å²) in [4.78, 5) is 6.57. The van der Waals surface area contributed by atoms with E-state index in [1.807, 2.05) is 5.38 Å². The molecule has 0 saturated carbocycles. The van der Waals surface area contributed by atoms with E-state index in [4.69, 9.17) is 5.73 Å². The predicted molar refractivity (Wildman–Crippen MR) is 59.8 cm³/mol. The Morgan fingerprint density at radius 2 is 2.00 bits per heavy atom. The lowest BCUT2D eigenvalue weighted by atomic mass is 10.1. The van der Waals surface area contributed by atoms with E-state index in [0.717, 1.165) is 18.9 Å². The molecule has 2 N–H and O–H groups in total. The number of hydrogen-bond acceptors (Lipinski definition) is 4. The van der Waals surface area contributed by atoms with Crippen LogP contribution in [-0.2, 0) is 0 Å². The summed E-state index contributed by atoms with van der Waals surface area (Å²) in [5, 5.41) is 2.72. The van der Waals surface area contributed by atoms with Gasteiger partial charge in [0.25, 0.3) is 0 Å². The van der Waals surface area contributed by atoms with Crippen molar-refractivity contribution in [3.05, 3.63) is 5.38 Å². The minimum absolute atomic E-state index is 0. The number of hydrogen-bond donors (Lipinski definition) is 1. The molecule has 1 aliphatic rings. The topological polar surface area (TPSA) is 42.1 Å². The second-order valence-electron chi connectivity index (χ2n) is 3.09. The van der Waals surface area contributed by atoms with Crippen LogP contribution in [0, 0.1) is 0 Å². The van der Waals surface area contributed by atoms with Crippen molar-refractivity contribution in [2.75, 3.05) is 23.7 Å². The molecule has 1 saturated heterocycles. The van der Waals surface area contributed by atoms with Crippen molar-refractivity contribution >= 4 is 34.7 Å². The van der Waals surface area contributed by atoms with E-state index >= 15 is 0 Å². The summed E-state index contributed by atoms with van der Waals surface area (Å²) in [5.74, 6) is 1.07. The molecule has 0 atom stereocenters. The van der Waals surface area contributed by atoms with E-state index in [0.29, 0.717) is 5.13 Å². The van der Waals surface area contributed by atoms with Crippen molar-refractivity contribution in [3.63, 3.8) is 0 Å². The highest BCUT2D eigenvalue weighted by Crippen LogP contribution is 2.22. The highest BCUT2D eigenvalue weighted by molar-refractivity contribution is 7.13. The average molecular weight is 220 g/mol. The van der Waals surface area contributed by atoms with Gasteiger partial charge in [0.15, 0.2) is 5.13 Å². The van der Waals surface area contributed by atoms with Crippen molar-refractivity contribution < 1.29 is 0 Å². The van der Waals surface area contributed by atoms with Crippen LogP contribution >= 0.6 is 23.7 Å². The molecule has 0 aliphatic carbocycles. The van der Waals surface area contributed by atoms with E-state index in [9.17, 15) is 0 Å². The number of thiazole rings is 1. The first-order valence-electron chi connectivity index (χ1n) is 4.32. The Balaban J connectivity index is 0.000000845. The summed E-state index contributed by atoms with van der Waals surface area (Å²) in [6, 6.07) is 0. The van der Waals surface area contributed by atoms with Gasteiger partial charge in [-0.3, -0.25) is 0 Å². The molecule has 0 radical (unpaired) electrons. The van der Waals surface area contributed by atoms with E-state index in [1.54, 1.807) is 0 Å². The maximum atomic E-state index is 5.57. The van der Waals surface area contributed by atoms with Gasteiger partial charge in [0.1, 0.15) is 5.82 Å². The van der Waals surface area contributed by atoms with Gasteiger partial charge in [-0.15, -0.1) is 23.7 Å². The Kier molecular flexibility index (Phi) is 3.81. The first kappa shape index (κ1) is 10.6. The van der Waals surface area contributed by atoms with Crippen LogP contribution in [0.4, 0.5) is 10.9 Å². The molecular formula is C8H14ClN3S. The number of piperidine rings is 1. The number of anilines is 2. The van der Waals surface area contributed by atoms with Crippen molar-refractivity contribution in [3.8, 4) is 0 Å². The Hall–Kier alpha value is -0.480. The van der Waals surface area contributed by atoms with E-state index < -0.39 is 0 Å². The molecule has 1 aliphatic heterocycles. The zero-order valence-corrected chi connectivity index (χ0v) is 9.03. The second kappa shape index (κ2) is 4.67. The van der Waals surface area contributed by atoms with Crippen LogP contribution in [0.25, 0.3) is 0 Å². The number of nitrogens with zero attached hydrogens (tertiary/aromatic N) is 2. The molecule has 74 valence electrons. The van der Waals surface area contributed by atoms with Gasteiger partial charge in [-0.25, -0.2) is 4.98 Å². The summed E-state index contributed by atoms with van der Waals surface area (Å²) in [5.41, 5.74) is 5.57. The summed E-state index contributed by atoms with van der Waals surface area (Å²) in [7, 11) is 0. The van der Waals surface area contributed by atoms with Gasteiger partial charge in [0.05, 0.1) is 0 Å². The molecule has 0 amide bonds. The first-order chi connectivity index (χ1) is 5.86. The molecular weight excluding hydrogens is 206 g/mol. The summed E-state index contributed by atoms with van der Waals surface area (Å²) >= 11 is 1.52. The lowest BCUT2D eigenvalue weighted by Crippen LogP contribution is -2.29. The quantitative estimate of drug-likeness (QED) is 0.787. The normalized spacial score (nSPS) is 16.8. The Morgan fingerprint density at radius 3 is 2.54 bits per heavy atom. The molecule has 13 heavy (non-hydrogen) atoms. The average Bonchev–Trinajstić information content (AvgIpc) is 2.54. The van der Waals surface area contributed by atoms with Gasteiger partial charge >= 0.3 is 0 Å². The maximum absolute atomic E-state index is 5.57. The fourth-order valence-corrected chi connectivity index (χ4v) is 2.12. The third-order valence-corrected chi connectivity index (χ3v) is 2.85. The molecule has 1 fully saturated rings. The van der Waals surface area contributed by atoms with Crippen molar-refractivity contribution in [1.82, 2.24) is 4.98 Å². The molecule has 0 bridgehead atoms. The van der Waals surface area contributed by atoms with Crippen LogP contribution < -0.4 is 10.6 Å². The molecule has 0 spiro atoms. The zero-order valence-electron chi connectivity index (χ0n) is 7.40. The standard InChI is InChI=1S/C8H13N3S.ClH/c9-8-10-7(6-12-8)11-4-2-1-3-5-11;/h6H,1-5H2,(H2,9,10);1H. The number of rotatable bonds is 1. The minimum Gasteiger partial charge on any atom is -0.375 e. The van der Waals surface area contributed by atoms with Crippen LogP contribution in [0.2, 0.25) is 0 Å². The van der Waals surface area contributed by atoms with Crippen molar-refractivity contribution in [2.45, 2.75) is 19.3 Å². The molecule has 1 aromatic rings. The van der Waals surface area contributed by atoms with Crippen molar-refractivity contribution in [2.24, 2.45) is 0 Å². The highest BCUT2D eigenvalue weighted by Gasteiger charge is 2.12. The number of nitrogens with two attached hydrogens (primary N) is 1. The number of aromatic nitrogens is 1.